The van der Waals surface area contributed by atoms with E-state index in [1.165, 1.54) is 18.2 Å². The molecule has 0 aliphatic carbocycles. The number of hydrogen-bond acceptors (Lipinski definition) is 5. The number of ether oxygens (including phenoxy) is 1. The van der Waals surface area contributed by atoms with Crippen molar-refractivity contribution in [3.05, 3.63) is 29.3 Å². The van der Waals surface area contributed by atoms with E-state index >= 15 is 0 Å². The predicted molar refractivity (Wildman–Crippen MR) is 116 cm³/mol. The van der Waals surface area contributed by atoms with Gasteiger partial charge >= 0.3 is 18.0 Å². The highest BCUT2D eigenvalue weighted by Gasteiger charge is 2.33. The number of carboxylic acid groups (broad SMARTS) is 2. The molecule has 0 spiro atoms. The van der Waals surface area contributed by atoms with Gasteiger partial charge in [0.05, 0.1) is 16.8 Å². The topological polar surface area (TPSA) is 107 Å². The molecule has 1 amide bonds. The van der Waals surface area contributed by atoms with Crippen molar-refractivity contribution in [2.45, 2.75) is 52.1 Å². The van der Waals surface area contributed by atoms with E-state index < -0.39 is 17.5 Å². The van der Waals surface area contributed by atoms with Crippen molar-refractivity contribution in [3.8, 4) is 0 Å². The Morgan fingerprint density at radius 2 is 1.45 bits per heavy atom. The van der Waals surface area contributed by atoms with Gasteiger partial charge in [0, 0.05) is 26.2 Å². The number of hydrogen-bond donors (Lipinski definition) is 2. The van der Waals surface area contributed by atoms with Crippen LogP contribution in [0.2, 0.25) is 0 Å². The van der Waals surface area contributed by atoms with E-state index in [-0.39, 0.29) is 17.2 Å². The molecule has 8 nitrogen and oxygen atoms in total. The Morgan fingerprint density at radius 1 is 0.903 bits per heavy atom. The number of benzene rings is 1. The number of carbonyl (C=O) groups excluding carboxylic acids is 1. The van der Waals surface area contributed by atoms with Crippen molar-refractivity contribution in [1.29, 1.82) is 0 Å². The van der Waals surface area contributed by atoms with E-state index in [2.05, 4.69) is 0 Å². The monoisotopic (exact) mass is 432 g/mol. The molecule has 0 unspecified atom stereocenters. The van der Waals surface area contributed by atoms with Crippen LogP contribution < -0.4 is 4.90 Å². The van der Waals surface area contributed by atoms with E-state index in [4.69, 9.17) is 4.74 Å². The average molecular weight is 433 g/mol. The molecular formula is C23H32N2O6. The SMILES string of the molecule is CC(C)(C)OC(=O)N1CCC(C2CCN(c3cc(C(=O)O)ccc3C(=O)O)CC2)CC1. The van der Waals surface area contributed by atoms with Crippen LogP contribution in [0.25, 0.3) is 0 Å². The highest BCUT2D eigenvalue weighted by atomic mass is 16.6. The first kappa shape index (κ1) is 22.9. The molecule has 0 saturated carbocycles. The third-order valence-corrected chi connectivity index (χ3v) is 6.21. The number of nitrogens with zero attached hydrogens (tertiary/aromatic N) is 2. The van der Waals surface area contributed by atoms with Crippen LogP contribution in [0, 0.1) is 11.8 Å². The summed E-state index contributed by atoms with van der Waals surface area (Å²) < 4.78 is 5.47. The Balaban J connectivity index is 1.57. The molecule has 0 aromatic heterocycles. The number of piperidine rings is 2. The van der Waals surface area contributed by atoms with Crippen LogP contribution >= 0.6 is 0 Å². The van der Waals surface area contributed by atoms with Crippen LogP contribution in [0.3, 0.4) is 0 Å². The Bertz CT molecular complexity index is 831. The maximum Gasteiger partial charge on any atom is 0.410 e. The largest absolute Gasteiger partial charge is 0.478 e. The van der Waals surface area contributed by atoms with Gasteiger partial charge in [-0.15, -0.1) is 0 Å². The Hall–Kier alpha value is -2.77. The van der Waals surface area contributed by atoms with E-state index in [1.807, 2.05) is 25.7 Å². The van der Waals surface area contributed by atoms with Crippen molar-refractivity contribution >= 4 is 23.7 Å². The second-order valence-electron chi connectivity index (χ2n) is 9.47. The second-order valence-corrected chi connectivity index (χ2v) is 9.47. The summed E-state index contributed by atoms with van der Waals surface area (Å²) in [6.07, 6.45) is 3.48. The molecule has 8 heteroatoms. The summed E-state index contributed by atoms with van der Waals surface area (Å²) in [7, 11) is 0. The zero-order valence-electron chi connectivity index (χ0n) is 18.5. The zero-order chi connectivity index (χ0) is 22.8. The number of carbonyl (C=O) groups is 3. The highest BCUT2D eigenvalue weighted by molar-refractivity contribution is 5.97. The van der Waals surface area contributed by atoms with Gasteiger partial charge in [-0.3, -0.25) is 0 Å². The van der Waals surface area contributed by atoms with Crippen LogP contribution in [0.4, 0.5) is 10.5 Å². The molecule has 1 aromatic carbocycles. The van der Waals surface area contributed by atoms with E-state index in [9.17, 15) is 24.6 Å². The van der Waals surface area contributed by atoms with Gasteiger partial charge in [0.25, 0.3) is 0 Å². The summed E-state index contributed by atoms with van der Waals surface area (Å²) >= 11 is 0. The molecule has 3 rings (SSSR count). The van der Waals surface area contributed by atoms with Gasteiger partial charge in [-0.1, -0.05) is 0 Å². The summed E-state index contributed by atoms with van der Waals surface area (Å²) in [6, 6.07) is 4.17. The van der Waals surface area contributed by atoms with Crippen LogP contribution in [0.15, 0.2) is 18.2 Å². The lowest BCUT2D eigenvalue weighted by atomic mass is 9.78. The molecule has 0 radical (unpaired) electrons. The lowest BCUT2D eigenvalue weighted by Crippen LogP contribution is -2.44. The number of anilines is 1. The Labute approximate surface area is 182 Å². The molecule has 2 aliphatic heterocycles. The minimum Gasteiger partial charge on any atom is -0.478 e. The molecule has 2 N–H and O–H groups in total. The zero-order valence-corrected chi connectivity index (χ0v) is 18.5. The number of amides is 1. The van der Waals surface area contributed by atoms with Gasteiger partial charge in [-0.25, -0.2) is 14.4 Å². The smallest absolute Gasteiger partial charge is 0.410 e. The summed E-state index contributed by atoms with van der Waals surface area (Å²) in [4.78, 5) is 39.0. The Morgan fingerprint density at radius 3 is 1.94 bits per heavy atom. The lowest BCUT2D eigenvalue weighted by molar-refractivity contribution is 0.0152. The summed E-state index contributed by atoms with van der Waals surface area (Å²) in [5, 5.41) is 18.8. The number of likely N-dealkylation sites (tertiary alicyclic amines) is 1. The third kappa shape index (κ3) is 5.68. The molecule has 2 aliphatic rings. The van der Waals surface area contributed by atoms with Crippen molar-refractivity contribution in [3.63, 3.8) is 0 Å². The first-order chi connectivity index (χ1) is 14.5. The van der Waals surface area contributed by atoms with Gasteiger partial charge in [0.2, 0.25) is 0 Å². The fraction of sp³-hybridized carbons (Fsp3) is 0.609. The number of rotatable bonds is 4. The van der Waals surface area contributed by atoms with Crippen LogP contribution in [-0.4, -0.2) is 64.9 Å². The Kier molecular flexibility index (Phi) is 6.77. The minimum atomic E-state index is -1.06. The number of carboxylic acids is 2. The van der Waals surface area contributed by atoms with Crippen LogP contribution in [-0.2, 0) is 4.74 Å². The maximum absolute atomic E-state index is 12.3. The molecule has 2 heterocycles. The molecule has 170 valence electrons. The molecule has 0 atom stereocenters. The molecule has 2 saturated heterocycles. The lowest BCUT2D eigenvalue weighted by Gasteiger charge is -2.41. The molecule has 31 heavy (non-hydrogen) atoms. The van der Waals surface area contributed by atoms with E-state index in [0.717, 1.165) is 25.7 Å². The molecule has 2 fully saturated rings. The van der Waals surface area contributed by atoms with Crippen molar-refractivity contribution in [1.82, 2.24) is 4.90 Å². The van der Waals surface area contributed by atoms with Crippen LogP contribution in [0.5, 0.6) is 0 Å². The van der Waals surface area contributed by atoms with Gasteiger partial charge in [0.15, 0.2) is 0 Å². The average Bonchev–Trinajstić information content (AvgIpc) is 2.72. The van der Waals surface area contributed by atoms with Gasteiger partial charge < -0.3 is 24.7 Å². The fourth-order valence-corrected chi connectivity index (χ4v) is 4.60. The fourth-order valence-electron chi connectivity index (χ4n) is 4.60. The molecule has 0 bridgehead atoms. The summed E-state index contributed by atoms with van der Waals surface area (Å²) in [6.45, 7) is 8.39. The molecular weight excluding hydrogens is 400 g/mol. The van der Waals surface area contributed by atoms with Gasteiger partial charge in [-0.2, -0.15) is 0 Å². The normalized spacial score (nSPS) is 18.7. The predicted octanol–water partition coefficient (Wildman–Crippen LogP) is 3.95. The second kappa shape index (κ2) is 9.16. The summed E-state index contributed by atoms with van der Waals surface area (Å²) in [5.41, 5.74) is 0.212. The van der Waals surface area contributed by atoms with Gasteiger partial charge in [0.1, 0.15) is 5.60 Å². The van der Waals surface area contributed by atoms with Crippen molar-refractivity contribution < 1.29 is 29.3 Å². The van der Waals surface area contributed by atoms with Crippen molar-refractivity contribution in [2.75, 3.05) is 31.1 Å². The number of aromatic carboxylic acids is 2. The first-order valence-electron chi connectivity index (χ1n) is 10.9. The maximum atomic E-state index is 12.3. The molecule has 1 aromatic rings. The quantitative estimate of drug-likeness (QED) is 0.742. The summed E-state index contributed by atoms with van der Waals surface area (Å²) in [5.74, 6) is -1.06. The van der Waals surface area contributed by atoms with Crippen molar-refractivity contribution in [2.24, 2.45) is 11.8 Å². The minimum absolute atomic E-state index is 0.0941. The third-order valence-electron chi connectivity index (χ3n) is 6.21. The first-order valence-corrected chi connectivity index (χ1v) is 10.9. The van der Waals surface area contributed by atoms with Gasteiger partial charge in [-0.05, 0) is 76.5 Å². The van der Waals surface area contributed by atoms with E-state index in [0.29, 0.717) is 43.7 Å². The van der Waals surface area contributed by atoms with Crippen LogP contribution in [0.1, 0.15) is 67.2 Å². The standard InChI is InChI=1S/C23H32N2O6/c1-23(2,3)31-22(30)25-12-8-16(9-13-25)15-6-10-24(11-7-15)19-14-17(20(26)27)4-5-18(19)21(28)29/h4-5,14-16H,6-13H2,1-3H3,(H,26,27)(H,28,29). The van der Waals surface area contributed by atoms with E-state index in [1.54, 1.807) is 4.90 Å². The highest BCUT2D eigenvalue weighted by Crippen LogP contribution is 2.35.